The molecule has 3 unspecified atom stereocenters. The number of aromatic nitrogens is 1. The third-order valence-corrected chi connectivity index (χ3v) is 7.09. The van der Waals surface area contributed by atoms with Gasteiger partial charge < -0.3 is 25.8 Å². The Kier molecular flexibility index (Phi) is 14.0. The molecule has 39 heavy (non-hydrogen) atoms. The molecule has 3 atom stereocenters. The molecule has 12 nitrogen and oxygen atoms in total. The summed E-state index contributed by atoms with van der Waals surface area (Å²) in [5.74, 6) is -2.50. The van der Waals surface area contributed by atoms with Crippen molar-refractivity contribution in [2.45, 2.75) is 33.4 Å². The summed E-state index contributed by atoms with van der Waals surface area (Å²) < 4.78 is 4.62. The molecule has 212 valence electrons. The number of carbonyl (C=O) groups is 6. The number of pyridine rings is 1. The summed E-state index contributed by atoms with van der Waals surface area (Å²) in [5.41, 5.74) is -1.43. The molecule has 14 heteroatoms. The fourth-order valence-corrected chi connectivity index (χ4v) is 3.99. The number of allylic oxidation sites excluding steroid dienone is 2. The average Bonchev–Trinajstić information content (AvgIpc) is 2.90. The van der Waals surface area contributed by atoms with Crippen LogP contribution in [-0.2, 0) is 28.7 Å². The number of carbonyl (C=O) groups excluding carboxylic acids is 5. The van der Waals surface area contributed by atoms with E-state index in [4.69, 9.17) is 0 Å². The largest absolute Gasteiger partial charge is 0.478 e. The molecule has 4 N–H and O–H groups in total. The summed E-state index contributed by atoms with van der Waals surface area (Å²) in [6, 6.07) is 3.10. The van der Waals surface area contributed by atoms with Gasteiger partial charge in [-0.15, -0.1) is 0 Å². The summed E-state index contributed by atoms with van der Waals surface area (Å²) in [7, 11) is 1.26. The van der Waals surface area contributed by atoms with Crippen LogP contribution in [0.5, 0.6) is 0 Å². The highest BCUT2D eigenvalue weighted by molar-refractivity contribution is 8.13. The van der Waals surface area contributed by atoms with E-state index >= 15 is 0 Å². The summed E-state index contributed by atoms with van der Waals surface area (Å²) in [5, 5.41) is 16.7. The molecular formula is C25H32N4O8S2. The molecule has 0 radical (unpaired) electrons. The molecule has 0 spiro atoms. The number of hydrogen-bond acceptors (Lipinski definition) is 11. The number of amides is 2. The van der Waals surface area contributed by atoms with Gasteiger partial charge in [-0.2, -0.15) is 0 Å². The second-order valence-corrected chi connectivity index (χ2v) is 10.6. The predicted molar refractivity (Wildman–Crippen MR) is 149 cm³/mol. The smallest absolute Gasteiger partial charge is 0.354 e. The minimum absolute atomic E-state index is 0.0438. The Balaban J connectivity index is 0.000000391. The minimum atomic E-state index is -1.62. The van der Waals surface area contributed by atoms with Gasteiger partial charge in [0, 0.05) is 43.4 Å². The second kappa shape index (κ2) is 16.3. The zero-order valence-electron chi connectivity index (χ0n) is 22.2. The molecule has 1 aromatic heterocycles. The van der Waals surface area contributed by atoms with Crippen molar-refractivity contribution in [1.29, 1.82) is 0 Å². The number of esters is 1. The number of hydrogen-bond donors (Lipinski definition) is 4. The topological polar surface area (TPSA) is 181 Å². The van der Waals surface area contributed by atoms with E-state index in [-0.39, 0.29) is 33.4 Å². The third-order valence-electron chi connectivity index (χ3n) is 4.95. The van der Waals surface area contributed by atoms with Crippen LogP contribution in [0.25, 0.3) is 0 Å². The van der Waals surface area contributed by atoms with Gasteiger partial charge in [0.15, 0.2) is 10.2 Å². The number of ether oxygens (including phenoxy) is 1. The molecule has 1 aliphatic heterocycles. The van der Waals surface area contributed by atoms with Crippen molar-refractivity contribution in [2.24, 2.45) is 11.8 Å². The molecule has 0 aliphatic carbocycles. The van der Waals surface area contributed by atoms with Crippen LogP contribution in [0.1, 0.15) is 38.1 Å². The lowest BCUT2D eigenvalue weighted by molar-refractivity contribution is -0.146. The SMILES string of the molecule is CC(=O)SCC(C)C(=O)NC1(C(=O)O)C=CC=CN1.COC(=O)c1cccnc1NC(=O)C(C)CSC(C)=O. The van der Waals surface area contributed by atoms with Crippen molar-refractivity contribution >= 4 is 63.3 Å². The lowest BCUT2D eigenvalue weighted by atomic mass is 10.1. The van der Waals surface area contributed by atoms with Gasteiger partial charge in [-0.25, -0.2) is 14.6 Å². The zero-order valence-corrected chi connectivity index (χ0v) is 23.8. The maximum absolute atomic E-state index is 12.0. The third kappa shape index (κ3) is 11.3. The molecule has 0 saturated carbocycles. The summed E-state index contributed by atoms with van der Waals surface area (Å²) in [6.07, 6.45) is 7.45. The average molecular weight is 581 g/mol. The van der Waals surface area contributed by atoms with Gasteiger partial charge in [0.05, 0.1) is 7.11 Å². The van der Waals surface area contributed by atoms with Gasteiger partial charge in [-0.1, -0.05) is 43.4 Å². The van der Waals surface area contributed by atoms with E-state index in [2.05, 4.69) is 25.7 Å². The Morgan fingerprint density at radius 2 is 1.62 bits per heavy atom. The first kappa shape index (κ1) is 33.4. The van der Waals surface area contributed by atoms with Crippen LogP contribution in [-0.4, -0.2) is 68.4 Å². The number of rotatable bonds is 10. The number of nitrogens with one attached hydrogen (secondary N) is 3. The zero-order chi connectivity index (χ0) is 29.6. The Hall–Kier alpha value is -3.65. The van der Waals surface area contributed by atoms with Gasteiger partial charge >= 0.3 is 11.9 Å². The molecular weight excluding hydrogens is 548 g/mol. The highest BCUT2D eigenvalue weighted by Gasteiger charge is 2.38. The van der Waals surface area contributed by atoms with E-state index in [0.29, 0.717) is 11.5 Å². The van der Waals surface area contributed by atoms with Crippen LogP contribution < -0.4 is 16.0 Å². The van der Waals surface area contributed by atoms with Crippen molar-refractivity contribution in [2.75, 3.05) is 23.9 Å². The number of thioether (sulfide) groups is 2. The molecule has 0 fully saturated rings. The number of carboxylic acids is 1. The first-order valence-corrected chi connectivity index (χ1v) is 13.6. The number of nitrogens with zero attached hydrogens (tertiary/aromatic N) is 1. The monoisotopic (exact) mass is 580 g/mol. The van der Waals surface area contributed by atoms with Crippen LogP contribution in [0.3, 0.4) is 0 Å². The van der Waals surface area contributed by atoms with Crippen LogP contribution in [0.2, 0.25) is 0 Å². The first-order valence-electron chi connectivity index (χ1n) is 11.6. The van der Waals surface area contributed by atoms with Crippen LogP contribution in [0, 0.1) is 11.8 Å². The highest BCUT2D eigenvalue weighted by Crippen LogP contribution is 2.16. The summed E-state index contributed by atoms with van der Waals surface area (Å²) >= 11 is 2.12. The molecule has 2 rings (SSSR count). The van der Waals surface area contributed by atoms with E-state index in [9.17, 15) is 33.9 Å². The molecule has 2 amide bonds. The maximum Gasteiger partial charge on any atom is 0.354 e. The molecule has 0 aromatic carbocycles. The fourth-order valence-electron chi connectivity index (χ4n) is 2.72. The lowest BCUT2D eigenvalue weighted by Gasteiger charge is -2.30. The Labute approximate surface area is 234 Å². The maximum atomic E-state index is 12.0. The van der Waals surface area contributed by atoms with Crippen molar-refractivity contribution in [3.63, 3.8) is 0 Å². The quantitative estimate of drug-likeness (QED) is 0.297. The van der Waals surface area contributed by atoms with Gasteiger partial charge in [-0.3, -0.25) is 19.2 Å². The van der Waals surface area contributed by atoms with Crippen molar-refractivity contribution in [3.05, 3.63) is 48.3 Å². The molecule has 2 heterocycles. The van der Waals surface area contributed by atoms with E-state index in [1.165, 1.54) is 45.5 Å². The molecule has 0 bridgehead atoms. The van der Waals surface area contributed by atoms with E-state index < -0.39 is 29.4 Å². The van der Waals surface area contributed by atoms with Crippen molar-refractivity contribution < 1.29 is 38.6 Å². The number of dihydropyridines is 1. The van der Waals surface area contributed by atoms with Crippen LogP contribution >= 0.6 is 23.5 Å². The van der Waals surface area contributed by atoms with Gasteiger partial charge in [0.25, 0.3) is 0 Å². The molecule has 1 aromatic rings. The number of methoxy groups -OCH3 is 1. The Morgan fingerprint density at radius 3 is 2.10 bits per heavy atom. The first-order chi connectivity index (χ1) is 18.3. The van der Waals surface area contributed by atoms with Crippen LogP contribution in [0.4, 0.5) is 5.82 Å². The molecule has 0 saturated heterocycles. The normalized spacial score (nSPS) is 16.8. The van der Waals surface area contributed by atoms with Crippen molar-refractivity contribution in [1.82, 2.24) is 15.6 Å². The molecule has 1 aliphatic rings. The minimum Gasteiger partial charge on any atom is -0.478 e. The number of aliphatic carboxylic acids is 1. The predicted octanol–water partition coefficient (Wildman–Crippen LogP) is 2.19. The lowest BCUT2D eigenvalue weighted by Crippen LogP contribution is -2.62. The summed E-state index contributed by atoms with van der Waals surface area (Å²) in [6.45, 7) is 6.21. The van der Waals surface area contributed by atoms with Crippen molar-refractivity contribution in [3.8, 4) is 0 Å². The Bertz CT molecular complexity index is 1140. The highest BCUT2D eigenvalue weighted by atomic mass is 32.2. The number of anilines is 1. The second-order valence-electron chi connectivity index (χ2n) is 8.25. The Morgan fingerprint density at radius 1 is 1.03 bits per heavy atom. The van der Waals surface area contributed by atoms with E-state index in [0.717, 1.165) is 23.5 Å². The van der Waals surface area contributed by atoms with Gasteiger partial charge in [0.1, 0.15) is 11.4 Å². The van der Waals surface area contributed by atoms with Crippen LogP contribution in [0.15, 0.2) is 42.8 Å². The number of carboxylic acid groups (broad SMARTS) is 1. The van der Waals surface area contributed by atoms with E-state index in [1.807, 2.05) is 0 Å². The van der Waals surface area contributed by atoms with Gasteiger partial charge in [-0.05, 0) is 30.5 Å². The van der Waals surface area contributed by atoms with E-state index in [1.54, 1.807) is 32.1 Å². The van der Waals surface area contributed by atoms with Gasteiger partial charge in [0.2, 0.25) is 17.5 Å². The standard InChI is InChI=1S/C13H16N2O4S.C12H16N2O4S/c1-8(7-20-9(2)16)12(17)15-11-10(13(18)19-3)5-4-6-14-11;1-8(7-19-9(2)15)10(16)14-12(11(17)18)5-3-4-6-13-12/h4-6,8H,7H2,1-3H3,(H,14,15,17);3-6,8,13H,7H2,1-2H3,(H,14,16)(H,17,18). The fraction of sp³-hybridized carbons (Fsp3) is 0.400. The summed E-state index contributed by atoms with van der Waals surface area (Å²) in [4.78, 5) is 72.4.